The maximum Gasteiger partial charge on any atom is 0.306 e. The molecule has 4 rings (SSSR count). The van der Waals surface area contributed by atoms with Crippen molar-refractivity contribution in [2.45, 2.75) is 32.2 Å². The molecule has 2 N–H and O–H groups in total. The van der Waals surface area contributed by atoms with E-state index in [2.05, 4.69) is 10.6 Å². The van der Waals surface area contributed by atoms with Crippen LogP contribution in [0.15, 0.2) is 66.9 Å². The molecule has 1 fully saturated rings. The smallest absolute Gasteiger partial charge is 0.306 e. The van der Waals surface area contributed by atoms with E-state index in [1.165, 1.54) is 0 Å². The molecule has 1 aromatic heterocycles. The summed E-state index contributed by atoms with van der Waals surface area (Å²) in [7, 11) is 0. The Morgan fingerprint density at radius 3 is 2.71 bits per heavy atom. The molecule has 0 bridgehead atoms. The fraction of sp³-hybridized carbons (Fsp3) is 0.296. The van der Waals surface area contributed by atoms with Gasteiger partial charge in [0.1, 0.15) is 0 Å². The van der Waals surface area contributed by atoms with Crippen LogP contribution in [-0.4, -0.2) is 30.0 Å². The quantitative estimate of drug-likeness (QED) is 0.430. The maximum absolute atomic E-state index is 13.1. The minimum atomic E-state index is -0.255. The van der Waals surface area contributed by atoms with Gasteiger partial charge in [0.05, 0.1) is 24.0 Å². The third-order valence-corrected chi connectivity index (χ3v) is 6.20. The molecule has 0 spiro atoms. The molecule has 0 radical (unpaired) electrons. The highest BCUT2D eigenvalue weighted by Crippen LogP contribution is 2.34. The summed E-state index contributed by atoms with van der Waals surface area (Å²) in [5.41, 5.74) is 3.78. The van der Waals surface area contributed by atoms with Crippen molar-refractivity contribution in [1.29, 1.82) is 0 Å². The van der Waals surface area contributed by atoms with Crippen molar-refractivity contribution in [2.75, 3.05) is 18.5 Å². The van der Waals surface area contributed by atoms with Crippen molar-refractivity contribution >= 4 is 29.2 Å². The summed E-state index contributed by atoms with van der Waals surface area (Å²) in [5.74, 6) is -0.234. The van der Waals surface area contributed by atoms with E-state index < -0.39 is 0 Å². The highest BCUT2D eigenvalue weighted by Gasteiger charge is 2.28. The number of esters is 1. The van der Waals surface area contributed by atoms with Crippen molar-refractivity contribution in [3.63, 3.8) is 0 Å². The van der Waals surface area contributed by atoms with Crippen molar-refractivity contribution < 1.29 is 14.3 Å². The molecule has 176 valence electrons. The number of hydrogen-bond donors (Lipinski definition) is 2. The molecule has 2 heterocycles. The SMILES string of the molecule is CCOC(=O)CC1CCNC(c2ncc(-c3ccccc3)cc2NC(=O)c2cccc(Cl)c2)C1. The Bertz CT molecular complexity index is 1150. The fourth-order valence-corrected chi connectivity index (χ4v) is 4.50. The van der Waals surface area contributed by atoms with Crippen LogP contribution in [0.2, 0.25) is 5.02 Å². The summed E-state index contributed by atoms with van der Waals surface area (Å²) in [4.78, 5) is 29.9. The number of rotatable bonds is 7. The number of nitrogens with zero attached hydrogens (tertiary/aromatic N) is 1. The van der Waals surface area contributed by atoms with E-state index in [1.54, 1.807) is 24.3 Å². The minimum absolute atomic E-state index is 0.0901. The number of carbonyl (C=O) groups excluding carboxylic acids is 2. The molecule has 0 saturated carbocycles. The number of aromatic nitrogens is 1. The Morgan fingerprint density at radius 1 is 1.12 bits per heavy atom. The zero-order chi connectivity index (χ0) is 23.9. The lowest BCUT2D eigenvalue weighted by Gasteiger charge is -2.30. The summed E-state index contributed by atoms with van der Waals surface area (Å²) >= 11 is 6.09. The van der Waals surface area contributed by atoms with E-state index in [9.17, 15) is 9.59 Å². The average molecular weight is 478 g/mol. The lowest BCUT2D eigenvalue weighted by Crippen LogP contribution is -2.34. The van der Waals surface area contributed by atoms with Gasteiger partial charge in [0.25, 0.3) is 5.91 Å². The number of anilines is 1. The van der Waals surface area contributed by atoms with Crippen LogP contribution in [0, 0.1) is 5.92 Å². The van der Waals surface area contributed by atoms with Gasteiger partial charge in [0, 0.05) is 28.8 Å². The van der Waals surface area contributed by atoms with Gasteiger partial charge in [-0.15, -0.1) is 0 Å². The van der Waals surface area contributed by atoms with Crippen molar-refractivity contribution in [2.24, 2.45) is 5.92 Å². The fourth-order valence-electron chi connectivity index (χ4n) is 4.31. The standard InChI is InChI=1S/C27H28ClN3O3/c1-2-34-25(32)14-18-11-12-29-23(13-18)26-24(31-27(33)20-9-6-10-22(28)15-20)16-21(17-30-26)19-7-4-3-5-8-19/h3-10,15-18,23,29H,2,11-14H2,1H3,(H,31,33). The predicted octanol–water partition coefficient (Wildman–Crippen LogP) is 5.65. The van der Waals surface area contributed by atoms with Crippen LogP contribution < -0.4 is 10.6 Å². The van der Waals surface area contributed by atoms with Gasteiger partial charge in [-0.05, 0) is 62.1 Å². The Kier molecular flexibility index (Phi) is 7.93. The molecule has 2 aromatic carbocycles. The Labute approximate surface area is 204 Å². The predicted molar refractivity (Wildman–Crippen MR) is 134 cm³/mol. The van der Waals surface area contributed by atoms with Crippen molar-refractivity contribution in [1.82, 2.24) is 10.3 Å². The van der Waals surface area contributed by atoms with Crippen LogP contribution in [0.25, 0.3) is 11.1 Å². The highest BCUT2D eigenvalue weighted by atomic mass is 35.5. The third-order valence-electron chi connectivity index (χ3n) is 5.96. The molecule has 3 aromatic rings. The molecular weight excluding hydrogens is 450 g/mol. The summed E-state index contributed by atoms with van der Waals surface area (Å²) in [6, 6.07) is 18.6. The van der Waals surface area contributed by atoms with Gasteiger partial charge in [-0.2, -0.15) is 0 Å². The lowest BCUT2D eigenvalue weighted by molar-refractivity contribution is -0.144. The normalized spacial score (nSPS) is 17.7. The van der Waals surface area contributed by atoms with E-state index >= 15 is 0 Å². The first kappa shape index (κ1) is 23.9. The van der Waals surface area contributed by atoms with E-state index in [4.69, 9.17) is 21.3 Å². The van der Waals surface area contributed by atoms with Crippen LogP contribution in [-0.2, 0) is 9.53 Å². The lowest BCUT2D eigenvalue weighted by atomic mass is 9.87. The molecule has 2 unspecified atom stereocenters. The summed E-state index contributed by atoms with van der Waals surface area (Å²) < 4.78 is 5.14. The largest absolute Gasteiger partial charge is 0.466 e. The third kappa shape index (κ3) is 6.01. The van der Waals surface area contributed by atoms with E-state index in [-0.39, 0.29) is 23.8 Å². The second kappa shape index (κ2) is 11.3. The van der Waals surface area contributed by atoms with Crippen LogP contribution in [0.4, 0.5) is 5.69 Å². The molecule has 0 aliphatic carbocycles. The number of piperidine rings is 1. The van der Waals surface area contributed by atoms with Gasteiger partial charge < -0.3 is 15.4 Å². The van der Waals surface area contributed by atoms with Gasteiger partial charge in [-0.25, -0.2) is 0 Å². The molecule has 2 atom stereocenters. The average Bonchev–Trinajstić information content (AvgIpc) is 2.85. The number of amides is 1. The first-order chi connectivity index (χ1) is 16.5. The number of benzene rings is 2. The van der Waals surface area contributed by atoms with Gasteiger partial charge in [0.15, 0.2) is 0 Å². The van der Waals surface area contributed by atoms with Crippen molar-refractivity contribution in [3.05, 3.63) is 83.1 Å². The molecule has 1 aliphatic heterocycles. The van der Waals surface area contributed by atoms with Crippen LogP contribution in [0.1, 0.15) is 48.3 Å². The molecule has 7 heteroatoms. The van der Waals surface area contributed by atoms with Crippen molar-refractivity contribution in [3.8, 4) is 11.1 Å². The minimum Gasteiger partial charge on any atom is -0.466 e. The molecule has 1 saturated heterocycles. The number of nitrogens with one attached hydrogen (secondary N) is 2. The van der Waals surface area contributed by atoms with Gasteiger partial charge in [-0.1, -0.05) is 48.0 Å². The van der Waals surface area contributed by atoms with Gasteiger partial charge in [0.2, 0.25) is 0 Å². The number of halogens is 1. The summed E-state index contributed by atoms with van der Waals surface area (Å²) in [5, 5.41) is 7.05. The number of hydrogen-bond acceptors (Lipinski definition) is 5. The molecule has 1 aliphatic rings. The Morgan fingerprint density at radius 2 is 1.94 bits per heavy atom. The zero-order valence-electron chi connectivity index (χ0n) is 19.1. The maximum atomic E-state index is 13.1. The van der Waals surface area contributed by atoms with Crippen LogP contribution >= 0.6 is 11.6 Å². The second-order valence-electron chi connectivity index (χ2n) is 8.39. The molecule has 1 amide bonds. The first-order valence-electron chi connectivity index (χ1n) is 11.5. The Hall–Kier alpha value is -3.22. The van der Waals surface area contributed by atoms with E-state index in [0.29, 0.717) is 29.3 Å². The first-order valence-corrected chi connectivity index (χ1v) is 11.9. The summed E-state index contributed by atoms with van der Waals surface area (Å²) in [6.07, 6.45) is 3.84. The zero-order valence-corrected chi connectivity index (χ0v) is 19.8. The van der Waals surface area contributed by atoms with Gasteiger partial charge in [-0.3, -0.25) is 14.6 Å². The highest BCUT2D eigenvalue weighted by molar-refractivity contribution is 6.31. The van der Waals surface area contributed by atoms with Crippen LogP contribution in [0.5, 0.6) is 0 Å². The molecule has 34 heavy (non-hydrogen) atoms. The topological polar surface area (TPSA) is 80.3 Å². The number of carbonyl (C=O) groups is 2. The van der Waals surface area contributed by atoms with E-state index in [1.807, 2.05) is 49.5 Å². The number of pyridine rings is 1. The molecule has 6 nitrogen and oxygen atoms in total. The monoisotopic (exact) mass is 477 g/mol. The number of ether oxygens (including phenoxy) is 1. The second-order valence-corrected chi connectivity index (χ2v) is 8.83. The van der Waals surface area contributed by atoms with Crippen LogP contribution in [0.3, 0.4) is 0 Å². The van der Waals surface area contributed by atoms with E-state index in [0.717, 1.165) is 36.2 Å². The molecular formula is C27H28ClN3O3. The van der Waals surface area contributed by atoms with Gasteiger partial charge >= 0.3 is 5.97 Å². The Balaban J connectivity index is 1.63. The summed E-state index contributed by atoms with van der Waals surface area (Å²) in [6.45, 7) is 2.96.